The van der Waals surface area contributed by atoms with Crippen molar-refractivity contribution in [1.82, 2.24) is 10.2 Å². The molecule has 2 amide bonds. The number of carbonyl (C=O) groups excluding carboxylic acids is 2. The van der Waals surface area contributed by atoms with Gasteiger partial charge >= 0.3 is 6.09 Å². The molecule has 0 bridgehead atoms. The van der Waals surface area contributed by atoms with Gasteiger partial charge in [0.1, 0.15) is 5.82 Å². The zero-order valence-electron chi connectivity index (χ0n) is 18.7. The highest BCUT2D eigenvalue weighted by Gasteiger charge is 2.32. The lowest BCUT2D eigenvalue weighted by Crippen LogP contribution is -2.48. The first-order valence-corrected chi connectivity index (χ1v) is 11.9. The van der Waals surface area contributed by atoms with Crippen LogP contribution in [-0.2, 0) is 20.7 Å². The molecule has 2 fully saturated rings. The van der Waals surface area contributed by atoms with Gasteiger partial charge in [0.15, 0.2) is 6.10 Å². The van der Waals surface area contributed by atoms with E-state index in [2.05, 4.69) is 10.2 Å². The summed E-state index contributed by atoms with van der Waals surface area (Å²) in [6.07, 6.45) is 5.88. The van der Waals surface area contributed by atoms with Crippen molar-refractivity contribution in [1.29, 1.82) is 0 Å². The fourth-order valence-electron chi connectivity index (χ4n) is 5.05. The van der Waals surface area contributed by atoms with Crippen molar-refractivity contribution < 1.29 is 23.5 Å². The zero-order chi connectivity index (χ0) is 22.3. The first-order chi connectivity index (χ1) is 15.6. The second-order valence-electron chi connectivity index (χ2n) is 9.01. The van der Waals surface area contributed by atoms with E-state index in [1.54, 1.807) is 17.0 Å². The monoisotopic (exact) mass is 447 g/mol. The topological polar surface area (TPSA) is 71.1 Å². The minimum atomic E-state index is -0.744. The summed E-state index contributed by atoms with van der Waals surface area (Å²) < 4.78 is 24.4. The molecule has 4 rings (SSSR count). The molecule has 32 heavy (non-hydrogen) atoms. The summed E-state index contributed by atoms with van der Waals surface area (Å²) in [6, 6.07) is 4.83. The highest BCUT2D eigenvalue weighted by atomic mass is 19.1. The Balaban J connectivity index is 1.29. The third kappa shape index (κ3) is 5.91. The number of morpholine rings is 1. The molecule has 1 aromatic rings. The van der Waals surface area contributed by atoms with E-state index in [1.807, 2.05) is 0 Å². The second kappa shape index (κ2) is 11.0. The second-order valence-corrected chi connectivity index (χ2v) is 9.01. The van der Waals surface area contributed by atoms with E-state index in [0.29, 0.717) is 51.7 Å². The fraction of sp³-hybridized carbons (Fsp3) is 0.667. The van der Waals surface area contributed by atoms with Crippen molar-refractivity contribution in [2.24, 2.45) is 5.92 Å². The number of ether oxygens (including phenoxy) is 2. The Labute approximate surface area is 189 Å². The van der Waals surface area contributed by atoms with Crippen LogP contribution in [0.15, 0.2) is 18.2 Å². The predicted octanol–water partition coefficient (Wildman–Crippen LogP) is 3.11. The molecule has 1 aromatic carbocycles. The van der Waals surface area contributed by atoms with Crippen LogP contribution in [0.1, 0.15) is 44.1 Å². The number of rotatable bonds is 7. The molecule has 8 heteroatoms. The van der Waals surface area contributed by atoms with Crippen LogP contribution >= 0.6 is 0 Å². The van der Waals surface area contributed by atoms with Crippen molar-refractivity contribution in [3.8, 4) is 0 Å². The average molecular weight is 448 g/mol. The molecule has 2 heterocycles. The van der Waals surface area contributed by atoms with E-state index >= 15 is 0 Å². The lowest BCUT2D eigenvalue weighted by molar-refractivity contribution is -0.145. The summed E-state index contributed by atoms with van der Waals surface area (Å²) in [5.41, 5.74) is 2.01. The summed E-state index contributed by atoms with van der Waals surface area (Å²) in [7, 11) is 0. The number of fused-ring (bicyclic) bond motifs is 1. The number of carbonyl (C=O) groups is 2. The number of halogens is 1. The summed E-state index contributed by atoms with van der Waals surface area (Å²) in [5.74, 6) is 0.0961. The third-order valence-electron chi connectivity index (χ3n) is 6.80. The summed E-state index contributed by atoms with van der Waals surface area (Å²) in [5, 5.41) is 2.80. The van der Waals surface area contributed by atoms with Crippen LogP contribution in [0.4, 0.5) is 14.9 Å². The van der Waals surface area contributed by atoms with Crippen LogP contribution in [0.5, 0.6) is 0 Å². The number of nitrogens with zero attached hydrogens (tertiary/aromatic N) is 2. The van der Waals surface area contributed by atoms with Gasteiger partial charge in [-0.15, -0.1) is 0 Å². The molecule has 0 aromatic heterocycles. The number of hydrogen-bond donors (Lipinski definition) is 1. The quantitative estimate of drug-likeness (QED) is 0.696. The summed E-state index contributed by atoms with van der Waals surface area (Å²) in [6.45, 7) is 3.94. The Bertz CT molecular complexity index is 793. The van der Waals surface area contributed by atoms with Crippen molar-refractivity contribution in [2.75, 3.05) is 50.8 Å². The maximum atomic E-state index is 13.4. The molecular formula is C24H34FN3O4. The molecule has 0 unspecified atom stereocenters. The Morgan fingerprint density at radius 2 is 1.94 bits per heavy atom. The van der Waals surface area contributed by atoms with Crippen LogP contribution in [0, 0.1) is 11.7 Å². The molecule has 7 nitrogen and oxygen atoms in total. The Morgan fingerprint density at radius 3 is 2.72 bits per heavy atom. The number of nitrogens with one attached hydrogen (secondary N) is 1. The maximum absolute atomic E-state index is 13.4. The minimum Gasteiger partial charge on any atom is -0.436 e. The van der Waals surface area contributed by atoms with Gasteiger partial charge in [0.05, 0.1) is 13.2 Å². The fourth-order valence-corrected chi connectivity index (χ4v) is 5.05. The average Bonchev–Trinajstić information content (AvgIpc) is 3.21. The molecule has 1 saturated heterocycles. The van der Waals surface area contributed by atoms with Gasteiger partial charge in [-0.3, -0.25) is 4.79 Å². The normalized spacial score (nSPS) is 20.0. The minimum absolute atomic E-state index is 0.107. The van der Waals surface area contributed by atoms with E-state index in [9.17, 15) is 14.0 Å². The van der Waals surface area contributed by atoms with Gasteiger partial charge < -0.3 is 24.6 Å². The van der Waals surface area contributed by atoms with Gasteiger partial charge in [-0.1, -0.05) is 32.1 Å². The van der Waals surface area contributed by atoms with E-state index in [-0.39, 0.29) is 11.7 Å². The van der Waals surface area contributed by atoms with Gasteiger partial charge in [0.25, 0.3) is 5.91 Å². The van der Waals surface area contributed by atoms with E-state index in [0.717, 1.165) is 37.1 Å². The highest BCUT2D eigenvalue weighted by Crippen LogP contribution is 2.29. The molecule has 1 atom stereocenters. The molecule has 1 N–H and O–H groups in total. The molecular weight excluding hydrogens is 413 g/mol. The van der Waals surface area contributed by atoms with Crippen LogP contribution < -0.4 is 10.2 Å². The van der Waals surface area contributed by atoms with Gasteiger partial charge in [0, 0.05) is 38.4 Å². The highest BCUT2D eigenvalue weighted by molar-refractivity contribution is 5.83. The zero-order valence-corrected chi connectivity index (χ0v) is 18.7. The predicted molar refractivity (Wildman–Crippen MR) is 119 cm³/mol. The van der Waals surface area contributed by atoms with Gasteiger partial charge in [-0.05, 0) is 42.5 Å². The SMILES string of the molecule is O=C(NCCN1CCc2cc(F)ccc21)O[C@@H](CC1CCCCC1)C(=O)N1CCOCC1. The number of benzene rings is 1. The third-order valence-corrected chi connectivity index (χ3v) is 6.80. The Hall–Kier alpha value is -2.35. The smallest absolute Gasteiger partial charge is 0.407 e. The van der Waals surface area contributed by atoms with Crippen LogP contribution in [-0.4, -0.2) is 68.9 Å². The molecule has 3 aliphatic rings. The first-order valence-electron chi connectivity index (χ1n) is 11.9. The van der Waals surface area contributed by atoms with Crippen molar-refractivity contribution in [2.45, 2.75) is 51.0 Å². The number of alkyl carbamates (subject to hydrolysis) is 1. The molecule has 176 valence electrons. The largest absolute Gasteiger partial charge is 0.436 e. The standard InChI is InChI=1S/C24H34FN3O4/c25-20-6-7-21-19(17-20)8-10-27(21)11-9-26-24(30)32-22(16-18-4-2-1-3-5-18)23(29)28-12-14-31-15-13-28/h6-7,17-18,22H,1-5,8-16H2,(H,26,30)/t22-/m0/s1. The lowest BCUT2D eigenvalue weighted by atomic mass is 9.85. The van der Waals surface area contributed by atoms with E-state index in [4.69, 9.17) is 9.47 Å². The molecule has 0 radical (unpaired) electrons. The lowest BCUT2D eigenvalue weighted by Gasteiger charge is -2.32. The molecule has 2 aliphatic heterocycles. The van der Waals surface area contributed by atoms with Gasteiger partial charge in [-0.25, -0.2) is 9.18 Å². The number of anilines is 1. The summed E-state index contributed by atoms with van der Waals surface area (Å²) >= 11 is 0. The van der Waals surface area contributed by atoms with Crippen LogP contribution in [0.2, 0.25) is 0 Å². The van der Waals surface area contributed by atoms with E-state index in [1.165, 1.54) is 25.3 Å². The van der Waals surface area contributed by atoms with Crippen molar-refractivity contribution in [3.05, 3.63) is 29.6 Å². The molecule has 1 saturated carbocycles. The van der Waals surface area contributed by atoms with E-state index < -0.39 is 12.2 Å². The number of amides is 2. The van der Waals surface area contributed by atoms with Gasteiger partial charge in [-0.2, -0.15) is 0 Å². The Kier molecular flexibility index (Phi) is 7.84. The Morgan fingerprint density at radius 1 is 1.16 bits per heavy atom. The maximum Gasteiger partial charge on any atom is 0.407 e. The number of hydrogen-bond acceptors (Lipinski definition) is 5. The van der Waals surface area contributed by atoms with Crippen LogP contribution in [0.25, 0.3) is 0 Å². The van der Waals surface area contributed by atoms with Crippen molar-refractivity contribution >= 4 is 17.7 Å². The summed E-state index contributed by atoms with van der Waals surface area (Å²) in [4.78, 5) is 29.5. The first kappa shape index (κ1) is 22.8. The molecule has 1 aliphatic carbocycles. The molecule has 0 spiro atoms. The van der Waals surface area contributed by atoms with Crippen LogP contribution in [0.3, 0.4) is 0 Å². The van der Waals surface area contributed by atoms with Gasteiger partial charge in [0.2, 0.25) is 0 Å². The van der Waals surface area contributed by atoms with Crippen molar-refractivity contribution in [3.63, 3.8) is 0 Å².